The predicted octanol–water partition coefficient (Wildman–Crippen LogP) is 5.96. The highest BCUT2D eigenvalue weighted by Crippen LogP contribution is 2.13. The Morgan fingerprint density at radius 1 is 0.773 bits per heavy atom. The van der Waals surface area contributed by atoms with Gasteiger partial charge in [0.25, 0.3) is 0 Å². The van der Waals surface area contributed by atoms with Gasteiger partial charge in [-0.05, 0) is 13.3 Å². The highest BCUT2D eigenvalue weighted by molar-refractivity contribution is 5.71. The fraction of sp³-hybridized carbons (Fsp3) is 0.947. The summed E-state index contributed by atoms with van der Waals surface area (Å²) in [5.41, 5.74) is 0. The maximum atomic E-state index is 10.6. The first kappa shape index (κ1) is 21.4. The normalized spacial score (nSPS) is 12.5. The minimum Gasteiger partial charge on any atom is -0.479 e. The van der Waals surface area contributed by atoms with Gasteiger partial charge in [0.2, 0.25) is 0 Å². The summed E-state index contributed by atoms with van der Waals surface area (Å²) in [6.45, 7) is 4.43. The van der Waals surface area contributed by atoms with Gasteiger partial charge in [0.15, 0.2) is 6.10 Å². The van der Waals surface area contributed by atoms with E-state index < -0.39 is 12.1 Å². The predicted molar refractivity (Wildman–Crippen MR) is 93.4 cm³/mol. The zero-order chi connectivity index (χ0) is 16.5. The third-order valence-corrected chi connectivity index (χ3v) is 4.21. The molecule has 0 aliphatic rings. The number of rotatable bonds is 17. The first-order valence-corrected chi connectivity index (χ1v) is 9.53. The van der Waals surface area contributed by atoms with Crippen molar-refractivity contribution in [1.82, 2.24) is 0 Å². The van der Waals surface area contributed by atoms with Gasteiger partial charge in [-0.3, -0.25) is 0 Å². The molecule has 1 unspecified atom stereocenters. The molecule has 0 aromatic heterocycles. The average molecular weight is 315 g/mol. The minimum atomic E-state index is -0.870. The summed E-state index contributed by atoms with van der Waals surface area (Å²) in [7, 11) is 0. The Kier molecular flexibility index (Phi) is 16.4. The molecular formula is C19H38O3. The molecular weight excluding hydrogens is 276 g/mol. The van der Waals surface area contributed by atoms with Crippen LogP contribution in [-0.4, -0.2) is 23.8 Å². The highest BCUT2D eigenvalue weighted by Gasteiger charge is 2.09. The number of hydrogen-bond acceptors (Lipinski definition) is 2. The monoisotopic (exact) mass is 314 g/mol. The lowest BCUT2D eigenvalue weighted by Crippen LogP contribution is -2.20. The van der Waals surface area contributed by atoms with Crippen LogP contribution < -0.4 is 0 Å². The van der Waals surface area contributed by atoms with Crippen LogP contribution in [0.25, 0.3) is 0 Å². The maximum Gasteiger partial charge on any atom is 0.332 e. The summed E-state index contributed by atoms with van der Waals surface area (Å²) in [6, 6.07) is 0. The van der Waals surface area contributed by atoms with E-state index in [1.807, 2.05) is 0 Å². The van der Waals surface area contributed by atoms with E-state index in [-0.39, 0.29) is 0 Å². The van der Waals surface area contributed by atoms with E-state index in [1.165, 1.54) is 77.0 Å². The van der Waals surface area contributed by atoms with Crippen LogP contribution in [0, 0.1) is 0 Å². The van der Waals surface area contributed by atoms with Gasteiger partial charge in [-0.2, -0.15) is 0 Å². The molecule has 0 aliphatic heterocycles. The Labute approximate surface area is 137 Å². The van der Waals surface area contributed by atoms with Crippen molar-refractivity contribution in [3.8, 4) is 0 Å². The molecule has 132 valence electrons. The van der Waals surface area contributed by atoms with E-state index in [2.05, 4.69) is 6.92 Å². The molecule has 22 heavy (non-hydrogen) atoms. The molecule has 1 atom stereocenters. The first-order valence-electron chi connectivity index (χ1n) is 9.53. The number of carbonyl (C=O) groups is 1. The van der Waals surface area contributed by atoms with Crippen molar-refractivity contribution in [3.63, 3.8) is 0 Å². The smallest absolute Gasteiger partial charge is 0.332 e. The average Bonchev–Trinajstić information content (AvgIpc) is 2.50. The van der Waals surface area contributed by atoms with Gasteiger partial charge in [0.05, 0.1) is 0 Å². The zero-order valence-corrected chi connectivity index (χ0v) is 14.9. The van der Waals surface area contributed by atoms with E-state index in [0.717, 1.165) is 12.8 Å². The van der Waals surface area contributed by atoms with E-state index in [9.17, 15) is 4.79 Å². The molecule has 0 radical (unpaired) electrons. The molecule has 0 aliphatic carbocycles. The summed E-state index contributed by atoms with van der Waals surface area (Å²) >= 11 is 0. The quantitative estimate of drug-likeness (QED) is 0.337. The molecule has 0 saturated carbocycles. The van der Waals surface area contributed by atoms with Crippen LogP contribution >= 0.6 is 0 Å². The fourth-order valence-electron chi connectivity index (χ4n) is 2.63. The number of hydrogen-bond donors (Lipinski definition) is 1. The van der Waals surface area contributed by atoms with Crippen LogP contribution in [-0.2, 0) is 9.53 Å². The number of carboxylic acids is 1. The fourth-order valence-corrected chi connectivity index (χ4v) is 2.63. The van der Waals surface area contributed by atoms with Crippen molar-refractivity contribution >= 4 is 5.97 Å². The van der Waals surface area contributed by atoms with Crippen LogP contribution in [0.5, 0.6) is 0 Å². The van der Waals surface area contributed by atoms with Crippen molar-refractivity contribution in [2.24, 2.45) is 0 Å². The molecule has 0 spiro atoms. The maximum absolute atomic E-state index is 10.6. The van der Waals surface area contributed by atoms with Gasteiger partial charge in [-0.25, -0.2) is 4.79 Å². The lowest BCUT2D eigenvalue weighted by Gasteiger charge is -2.07. The number of ether oxygens (including phenoxy) is 1. The van der Waals surface area contributed by atoms with Crippen LogP contribution in [0.2, 0.25) is 0 Å². The lowest BCUT2D eigenvalue weighted by molar-refractivity contribution is -0.149. The van der Waals surface area contributed by atoms with Crippen LogP contribution in [0.3, 0.4) is 0 Å². The van der Waals surface area contributed by atoms with Gasteiger partial charge in [-0.15, -0.1) is 0 Å². The Morgan fingerprint density at radius 3 is 1.50 bits per heavy atom. The Hall–Kier alpha value is -0.570. The highest BCUT2D eigenvalue weighted by atomic mass is 16.5. The van der Waals surface area contributed by atoms with Crippen molar-refractivity contribution in [2.45, 2.75) is 110 Å². The second kappa shape index (κ2) is 16.8. The van der Waals surface area contributed by atoms with E-state index in [4.69, 9.17) is 9.84 Å². The lowest BCUT2D eigenvalue weighted by atomic mass is 10.0. The van der Waals surface area contributed by atoms with Crippen molar-refractivity contribution in [1.29, 1.82) is 0 Å². The molecule has 0 aromatic rings. The SMILES string of the molecule is CCCCCCCCCCCCCCCCOC(C)C(=O)O. The number of carboxylic acid groups (broad SMARTS) is 1. The minimum absolute atomic E-state index is 0.575. The van der Waals surface area contributed by atoms with E-state index in [0.29, 0.717) is 6.61 Å². The van der Waals surface area contributed by atoms with Crippen LogP contribution in [0.15, 0.2) is 0 Å². The van der Waals surface area contributed by atoms with E-state index >= 15 is 0 Å². The molecule has 0 fully saturated rings. The van der Waals surface area contributed by atoms with Crippen LogP contribution in [0.4, 0.5) is 0 Å². The molecule has 1 N–H and O–H groups in total. The largest absolute Gasteiger partial charge is 0.479 e. The zero-order valence-electron chi connectivity index (χ0n) is 14.9. The summed E-state index contributed by atoms with van der Waals surface area (Å²) in [5, 5.41) is 8.67. The van der Waals surface area contributed by atoms with Crippen molar-refractivity contribution in [2.75, 3.05) is 6.61 Å². The van der Waals surface area contributed by atoms with Gasteiger partial charge < -0.3 is 9.84 Å². The van der Waals surface area contributed by atoms with Crippen molar-refractivity contribution in [3.05, 3.63) is 0 Å². The topological polar surface area (TPSA) is 46.5 Å². The molecule has 0 rings (SSSR count). The summed E-state index contributed by atoms with van der Waals surface area (Å²) < 4.78 is 5.21. The van der Waals surface area contributed by atoms with Crippen molar-refractivity contribution < 1.29 is 14.6 Å². The standard InChI is InChI=1S/C19H38O3/c1-3-4-5-6-7-8-9-10-11-12-13-14-15-16-17-22-18(2)19(20)21/h18H,3-17H2,1-2H3,(H,20,21). The second-order valence-corrected chi connectivity index (χ2v) is 6.45. The molecule has 0 saturated heterocycles. The number of aliphatic carboxylic acids is 1. The third kappa shape index (κ3) is 15.8. The van der Waals surface area contributed by atoms with E-state index in [1.54, 1.807) is 6.92 Å². The van der Waals surface area contributed by atoms with Gasteiger partial charge >= 0.3 is 5.97 Å². The Bertz CT molecular complexity index is 241. The first-order chi connectivity index (χ1) is 10.7. The molecule has 0 bridgehead atoms. The summed E-state index contributed by atoms with van der Waals surface area (Å²) in [4.78, 5) is 10.6. The van der Waals surface area contributed by atoms with Crippen LogP contribution in [0.1, 0.15) is 104 Å². The summed E-state index contributed by atoms with van der Waals surface area (Å²) in [6.07, 6.45) is 18.0. The number of unbranched alkanes of at least 4 members (excludes halogenated alkanes) is 13. The second-order valence-electron chi connectivity index (χ2n) is 6.45. The Morgan fingerprint density at radius 2 is 1.14 bits per heavy atom. The molecule has 0 aromatic carbocycles. The summed E-state index contributed by atoms with van der Waals surface area (Å²) in [5.74, 6) is -0.870. The van der Waals surface area contributed by atoms with Gasteiger partial charge in [-0.1, -0.05) is 90.4 Å². The van der Waals surface area contributed by atoms with Gasteiger partial charge in [0, 0.05) is 6.61 Å². The molecule has 3 heteroatoms. The third-order valence-electron chi connectivity index (χ3n) is 4.21. The molecule has 0 amide bonds. The Balaban J connectivity index is 3.04. The molecule has 3 nitrogen and oxygen atoms in total. The van der Waals surface area contributed by atoms with Gasteiger partial charge in [0.1, 0.15) is 0 Å². The molecule has 0 heterocycles.